The van der Waals surface area contributed by atoms with E-state index in [0.29, 0.717) is 26.9 Å². The molecule has 2 amide bonds. The molecule has 0 saturated heterocycles. The van der Waals surface area contributed by atoms with Gasteiger partial charge in [0.15, 0.2) is 0 Å². The van der Waals surface area contributed by atoms with Crippen molar-refractivity contribution in [2.45, 2.75) is 12.7 Å². The van der Waals surface area contributed by atoms with Crippen molar-refractivity contribution in [3.63, 3.8) is 0 Å². The zero-order chi connectivity index (χ0) is 20.4. The van der Waals surface area contributed by atoms with Crippen LogP contribution in [-0.4, -0.2) is 11.8 Å². The van der Waals surface area contributed by atoms with Crippen LogP contribution in [0.4, 0.5) is 5.69 Å². The molecule has 0 bridgehead atoms. The Labute approximate surface area is 179 Å². The molecule has 29 heavy (non-hydrogen) atoms. The number of nitrogens with zero attached hydrogens (tertiary/aromatic N) is 1. The summed E-state index contributed by atoms with van der Waals surface area (Å²) in [5.74, 6) is -0.0178. The van der Waals surface area contributed by atoms with Crippen molar-refractivity contribution in [3.05, 3.63) is 105 Å². The maximum Gasteiger partial charge on any atom is 0.272 e. The van der Waals surface area contributed by atoms with Gasteiger partial charge in [-0.05, 0) is 35.7 Å². The van der Waals surface area contributed by atoms with Gasteiger partial charge in [-0.25, -0.2) is 4.90 Å². The summed E-state index contributed by atoms with van der Waals surface area (Å²) in [6.45, 7) is 1.86. The smallest absolute Gasteiger partial charge is 0.268 e. The number of rotatable bonds is 5. The Bertz CT molecular complexity index is 1110. The van der Waals surface area contributed by atoms with Crippen LogP contribution in [0.5, 0.6) is 0 Å². The monoisotopic (exact) mass is 419 g/mol. The summed E-state index contributed by atoms with van der Waals surface area (Å²) in [6.07, 6.45) is 0. The lowest BCUT2D eigenvalue weighted by Gasteiger charge is -2.18. The quantitative estimate of drug-likeness (QED) is 0.485. The average Bonchev–Trinajstić information content (AvgIpc) is 2.99. The molecule has 3 nitrogen and oxygen atoms in total. The molecule has 1 aliphatic heterocycles. The second-order valence-corrected chi connectivity index (χ2v) is 8.14. The van der Waals surface area contributed by atoms with E-state index >= 15 is 0 Å². The number of aryl methyl sites for hydroxylation is 1. The van der Waals surface area contributed by atoms with E-state index in [4.69, 9.17) is 11.6 Å². The summed E-state index contributed by atoms with van der Waals surface area (Å²) in [5, 5.41) is 0.484. The standard InChI is InChI=1S/C24H18ClNO2S/c1-16-12-13-19(25)14-20(16)26-23(27)21(18-10-6-3-7-11-18)22(24(26)28)29-15-17-8-4-2-5-9-17/h2-14H,15H2,1H3. The number of carbonyl (C=O) groups excluding carboxylic acids is 2. The summed E-state index contributed by atoms with van der Waals surface area (Å²) in [6, 6.07) is 24.5. The van der Waals surface area contributed by atoms with Gasteiger partial charge in [-0.2, -0.15) is 0 Å². The van der Waals surface area contributed by atoms with Crippen LogP contribution in [0.2, 0.25) is 5.02 Å². The third-order valence-electron chi connectivity index (χ3n) is 4.74. The number of thioether (sulfide) groups is 1. The maximum atomic E-state index is 13.4. The second-order valence-electron chi connectivity index (χ2n) is 6.72. The Morgan fingerprint density at radius 2 is 1.52 bits per heavy atom. The minimum absolute atomic E-state index is 0.305. The molecule has 0 fully saturated rings. The molecule has 1 aliphatic rings. The minimum atomic E-state index is -0.317. The number of benzene rings is 3. The van der Waals surface area contributed by atoms with Gasteiger partial charge >= 0.3 is 0 Å². The van der Waals surface area contributed by atoms with E-state index < -0.39 is 0 Å². The van der Waals surface area contributed by atoms with Gasteiger partial charge in [0.05, 0.1) is 16.2 Å². The van der Waals surface area contributed by atoms with E-state index in [1.807, 2.05) is 73.7 Å². The Kier molecular flexibility index (Phi) is 5.56. The number of anilines is 1. The fraction of sp³-hybridized carbons (Fsp3) is 0.0833. The van der Waals surface area contributed by atoms with E-state index in [2.05, 4.69) is 0 Å². The summed E-state index contributed by atoms with van der Waals surface area (Å²) < 4.78 is 0. The molecule has 5 heteroatoms. The van der Waals surface area contributed by atoms with Crippen molar-refractivity contribution in [1.29, 1.82) is 0 Å². The number of amides is 2. The molecular weight excluding hydrogens is 402 g/mol. The first-order valence-electron chi connectivity index (χ1n) is 9.17. The van der Waals surface area contributed by atoms with Crippen molar-refractivity contribution in [1.82, 2.24) is 0 Å². The molecule has 3 aromatic carbocycles. The van der Waals surface area contributed by atoms with Crippen molar-refractivity contribution >= 4 is 46.4 Å². The van der Waals surface area contributed by atoms with Gasteiger partial charge < -0.3 is 0 Å². The summed E-state index contributed by atoms with van der Waals surface area (Å²) >= 11 is 7.55. The summed E-state index contributed by atoms with van der Waals surface area (Å²) in [7, 11) is 0. The fourth-order valence-corrected chi connectivity index (χ4v) is 4.51. The molecule has 3 aromatic rings. The molecule has 0 aliphatic carbocycles. The summed E-state index contributed by atoms with van der Waals surface area (Å²) in [5.41, 5.74) is 3.61. The van der Waals surface area contributed by atoms with Crippen molar-refractivity contribution < 1.29 is 9.59 Å². The van der Waals surface area contributed by atoms with Gasteiger partial charge in [-0.1, -0.05) is 78.3 Å². The third kappa shape index (κ3) is 3.86. The average molecular weight is 420 g/mol. The lowest BCUT2D eigenvalue weighted by atomic mass is 10.1. The van der Waals surface area contributed by atoms with E-state index in [1.54, 1.807) is 12.1 Å². The molecule has 0 atom stereocenters. The zero-order valence-electron chi connectivity index (χ0n) is 15.8. The number of imide groups is 1. The zero-order valence-corrected chi connectivity index (χ0v) is 17.3. The van der Waals surface area contributed by atoms with E-state index in [0.717, 1.165) is 16.7 Å². The number of hydrogen-bond acceptors (Lipinski definition) is 3. The summed E-state index contributed by atoms with van der Waals surface area (Å²) in [4.78, 5) is 28.5. The van der Waals surface area contributed by atoms with Crippen molar-refractivity contribution in [2.75, 3.05) is 4.90 Å². The molecule has 0 aromatic heterocycles. The predicted octanol–water partition coefficient (Wildman–Crippen LogP) is 5.87. The lowest BCUT2D eigenvalue weighted by molar-refractivity contribution is -0.119. The number of carbonyl (C=O) groups is 2. The van der Waals surface area contributed by atoms with E-state index in [1.165, 1.54) is 16.7 Å². The van der Waals surface area contributed by atoms with Gasteiger partial charge in [0, 0.05) is 10.8 Å². The molecule has 0 unspecified atom stereocenters. The molecule has 1 heterocycles. The highest BCUT2D eigenvalue weighted by atomic mass is 35.5. The van der Waals surface area contributed by atoms with Crippen LogP contribution in [0, 0.1) is 6.92 Å². The Morgan fingerprint density at radius 1 is 0.862 bits per heavy atom. The first-order valence-corrected chi connectivity index (χ1v) is 10.5. The molecule has 0 spiro atoms. The maximum absolute atomic E-state index is 13.4. The molecular formula is C24H18ClNO2S. The van der Waals surface area contributed by atoms with Gasteiger partial charge in [0.1, 0.15) is 0 Å². The SMILES string of the molecule is Cc1ccc(Cl)cc1N1C(=O)C(SCc2ccccc2)=C(c2ccccc2)C1=O. The lowest BCUT2D eigenvalue weighted by Crippen LogP contribution is -2.32. The van der Waals surface area contributed by atoms with Crippen molar-refractivity contribution in [2.24, 2.45) is 0 Å². The molecule has 4 rings (SSSR count). The first-order chi connectivity index (χ1) is 14.1. The Hall–Kier alpha value is -2.82. The van der Waals surface area contributed by atoms with Crippen LogP contribution in [-0.2, 0) is 15.3 Å². The topological polar surface area (TPSA) is 37.4 Å². The highest BCUT2D eigenvalue weighted by Crippen LogP contribution is 2.40. The van der Waals surface area contributed by atoms with Gasteiger partial charge in [-0.15, -0.1) is 11.8 Å². The van der Waals surface area contributed by atoms with Gasteiger partial charge in [0.25, 0.3) is 11.8 Å². The molecule has 0 N–H and O–H groups in total. The van der Waals surface area contributed by atoms with Crippen LogP contribution < -0.4 is 4.90 Å². The van der Waals surface area contributed by atoms with Crippen LogP contribution in [0.25, 0.3) is 5.57 Å². The van der Waals surface area contributed by atoms with Crippen LogP contribution in [0.15, 0.2) is 83.8 Å². The minimum Gasteiger partial charge on any atom is -0.268 e. The Morgan fingerprint density at radius 3 is 2.21 bits per heavy atom. The normalized spacial score (nSPS) is 14.1. The van der Waals surface area contributed by atoms with E-state index in [9.17, 15) is 9.59 Å². The van der Waals surface area contributed by atoms with Gasteiger partial charge in [-0.3, -0.25) is 9.59 Å². The van der Waals surface area contributed by atoms with E-state index in [-0.39, 0.29) is 11.8 Å². The number of hydrogen-bond donors (Lipinski definition) is 0. The Balaban J connectivity index is 1.76. The third-order valence-corrected chi connectivity index (χ3v) is 6.12. The molecule has 144 valence electrons. The van der Waals surface area contributed by atoms with Crippen molar-refractivity contribution in [3.8, 4) is 0 Å². The molecule has 0 saturated carbocycles. The highest BCUT2D eigenvalue weighted by molar-refractivity contribution is 8.03. The highest BCUT2D eigenvalue weighted by Gasteiger charge is 2.40. The van der Waals surface area contributed by atoms with Crippen LogP contribution in [0.1, 0.15) is 16.7 Å². The predicted molar refractivity (Wildman–Crippen MR) is 120 cm³/mol. The van der Waals surface area contributed by atoms with Crippen LogP contribution in [0.3, 0.4) is 0 Å². The second kappa shape index (κ2) is 8.27. The van der Waals surface area contributed by atoms with Crippen LogP contribution >= 0.6 is 23.4 Å². The number of halogens is 1. The first kappa shape index (κ1) is 19.5. The van der Waals surface area contributed by atoms with Gasteiger partial charge in [0.2, 0.25) is 0 Å². The largest absolute Gasteiger partial charge is 0.272 e. The molecule has 0 radical (unpaired) electrons. The fourth-order valence-electron chi connectivity index (χ4n) is 3.27.